The number of hydrogen-bond acceptors (Lipinski definition) is 6. The average Bonchev–Trinajstić information content (AvgIpc) is 2.69. The molecule has 3 rings (SSSR count). The predicted octanol–water partition coefficient (Wildman–Crippen LogP) is 3.06. The van der Waals surface area contributed by atoms with E-state index < -0.39 is 16.6 Å². The fourth-order valence-corrected chi connectivity index (χ4v) is 2.83. The topological polar surface area (TPSA) is 122 Å². The predicted molar refractivity (Wildman–Crippen MR) is 101 cm³/mol. The van der Waals surface area contributed by atoms with Gasteiger partial charge in [-0.05, 0) is 54.4 Å². The zero-order valence-electron chi connectivity index (χ0n) is 14.5. The van der Waals surface area contributed by atoms with Gasteiger partial charge in [0.15, 0.2) is 0 Å². The van der Waals surface area contributed by atoms with Gasteiger partial charge in [-0.2, -0.15) is 15.0 Å². The van der Waals surface area contributed by atoms with E-state index in [1.807, 2.05) is 6.07 Å². The molecule has 0 fully saturated rings. The SMILES string of the molecule is Cc1c(C(O)c2ccc([N+](=O)[O-])cc2)nn(-c2ccc(Cl)cc2)c(=O)c1C#N. The highest BCUT2D eigenvalue weighted by Crippen LogP contribution is 2.26. The Hall–Kier alpha value is -3.54. The van der Waals surface area contributed by atoms with Gasteiger partial charge in [0.1, 0.15) is 17.7 Å². The molecule has 28 heavy (non-hydrogen) atoms. The molecule has 0 bridgehead atoms. The summed E-state index contributed by atoms with van der Waals surface area (Å²) >= 11 is 5.87. The van der Waals surface area contributed by atoms with Gasteiger partial charge in [-0.15, -0.1) is 0 Å². The minimum atomic E-state index is -1.29. The first-order valence-electron chi connectivity index (χ1n) is 8.05. The van der Waals surface area contributed by atoms with Crippen LogP contribution in [0.25, 0.3) is 5.69 Å². The van der Waals surface area contributed by atoms with Crippen molar-refractivity contribution in [2.45, 2.75) is 13.0 Å². The smallest absolute Gasteiger partial charge is 0.289 e. The van der Waals surface area contributed by atoms with Crippen LogP contribution in [0.4, 0.5) is 5.69 Å². The second kappa shape index (κ2) is 7.60. The Kier molecular flexibility index (Phi) is 5.22. The highest BCUT2D eigenvalue weighted by molar-refractivity contribution is 6.30. The zero-order valence-corrected chi connectivity index (χ0v) is 15.3. The molecule has 0 aliphatic rings. The Morgan fingerprint density at radius 3 is 2.36 bits per heavy atom. The van der Waals surface area contributed by atoms with Crippen LogP contribution in [0.1, 0.15) is 28.5 Å². The summed E-state index contributed by atoms with van der Waals surface area (Å²) in [6.07, 6.45) is -1.29. The number of rotatable bonds is 4. The van der Waals surface area contributed by atoms with Crippen molar-refractivity contribution in [2.75, 3.05) is 0 Å². The molecule has 1 aromatic heterocycles. The van der Waals surface area contributed by atoms with Crippen LogP contribution in [0.5, 0.6) is 0 Å². The van der Waals surface area contributed by atoms with Crippen LogP contribution in [0, 0.1) is 28.4 Å². The summed E-state index contributed by atoms with van der Waals surface area (Å²) in [6.45, 7) is 1.52. The van der Waals surface area contributed by atoms with Gasteiger partial charge in [0, 0.05) is 17.2 Å². The maximum Gasteiger partial charge on any atom is 0.289 e. The molecular weight excluding hydrogens is 384 g/mol. The van der Waals surface area contributed by atoms with Gasteiger partial charge in [-0.25, -0.2) is 0 Å². The minimum Gasteiger partial charge on any atom is -0.382 e. The molecule has 1 unspecified atom stereocenters. The molecule has 0 amide bonds. The Bertz CT molecular complexity index is 1150. The van der Waals surface area contributed by atoms with E-state index in [0.29, 0.717) is 16.3 Å². The molecule has 140 valence electrons. The standard InChI is InChI=1S/C19H13ClN4O4/c1-11-16(10-21)19(26)23(14-8-4-13(20)5-9-14)22-17(11)18(25)12-2-6-15(7-3-12)24(27)28/h2-9,18,25H,1H3. The molecule has 1 atom stereocenters. The lowest BCUT2D eigenvalue weighted by molar-refractivity contribution is -0.384. The second-order valence-electron chi connectivity index (χ2n) is 5.94. The van der Waals surface area contributed by atoms with E-state index in [-0.39, 0.29) is 22.5 Å². The van der Waals surface area contributed by atoms with E-state index in [4.69, 9.17) is 11.6 Å². The van der Waals surface area contributed by atoms with Crippen molar-refractivity contribution in [1.82, 2.24) is 9.78 Å². The quantitative estimate of drug-likeness (QED) is 0.534. The number of benzene rings is 2. The Labute approximate surface area is 164 Å². The number of hydrogen-bond donors (Lipinski definition) is 1. The fraction of sp³-hybridized carbons (Fsp3) is 0.105. The summed E-state index contributed by atoms with van der Waals surface area (Å²) in [5, 5.41) is 35.7. The Morgan fingerprint density at radius 1 is 1.21 bits per heavy atom. The van der Waals surface area contributed by atoms with Crippen LogP contribution in [-0.2, 0) is 0 Å². The maximum atomic E-state index is 12.6. The van der Waals surface area contributed by atoms with Gasteiger partial charge in [0.05, 0.1) is 16.3 Å². The molecule has 1 heterocycles. The summed E-state index contributed by atoms with van der Waals surface area (Å²) in [5.74, 6) is 0. The van der Waals surface area contributed by atoms with Crippen molar-refractivity contribution in [3.63, 3.8) is 0 Å². The number of non-ortho nitro benzene ring substituents is 1. The maximum absolute atomic E-state index is 12.6. The second-order valence-corrected chi connectivity index (χ2v) is 6.38. The van der Waals surface area contributed by atoms with Crippen LogP contribution < -0.4 is 5.56 Å². The molecule has 0 saturated heterocycles. The molecule has 8 nitrogen and oxygen atoms in total. The number of aliphatic hydroxyl groups is 1. The van der Waals surface area contributed by atoms with Crippen molar-refractivity contribution in [1.29, 1.82) is 5.26 Å². The van der Waals surface area contributed by atoms with Crippen molar-refractivity contribution in [3.05, 3.63) is 96.4 Å². The summed E-state index contributed by atoms with van der Waals surface area (Å²) in [7, 11) is 0. The first-order valence-corrected chi connectivity index (χ1v) is 8.43. The van der Waals surface area contributed by atoms with Crippen molar-refractivity contribution in [2.24, 2.45) is 0 Å². The number of nitrogens with zero attached hydrogens (tertiary/aromatic N) is 4. The molecule has 2 aromatic carbocycles. The summed E-state index contributed by atoms with van der Waals surface area (Å²) in [4.78, 5) is 22.9. The zero-order chi connectivity index (χ0) is 20.4. The van der Waals surface area contributed by atoms with E-state index in [1.54, 1.807) is 24.3 Å². The molecule has 9 heteroatoms. The van der Waals surface area contributed by atoms with Crippen molar-refractivity contribution < 1.29 is 10.0 Å². The average molecular weight is 397 g/mol. The third-order valence-electron chi connectivity index (χ3n) is 4.23. The van der Waals surface area contributed by atoms with Crippen LogP contribution in [0.2, 0.25) is 5.02 Å². The molecule has 0 spiro atoms. The van der Waals surface area contributed by atoms with Crippen LogP contribution in [0.15, 0.2) is 53.3 Å². The highest BCUT2D eigenvalue weighted by atomic mass is 35.5. The number of halogens is 1. The largest absolute Gasteiger partial charge is 0.382 e. The monoisotopic (exact) mass is 396 g/mol. The van der Waals surface area contributed by atoms with Gasteiger partial charge >= 0.3 is 0 Å². The van der Waals surface area contributed by atoms with E-state index in [1.165, 1.54) is 31.2 Å². The van der Waals surface area contributed by atoms with Crippen molar-refractivity contribution >= 4 is 17.3 Å². The first kappa shape index (κ1) is 19.2. The van der Waals surface area contributed by atoms with E-state index in [2.05, 4.69) is 5.10 Å². The number of nitro groups is 1. The van der Waals surface area contributed by atoms with Gasteiger partial charge in [0.25, 0.3) is 11.2 Å². The summed E-state index contributed by atoms with van der Waals surface area (Å²) in [5.41, 5.74) is 0.158. The van der Waals surface area contributed by atoms with Gasteiger partial charge < -0.3 is 5.11 Å². The third kappa shape index (κ3) is 3.49. The molecular formula is C19H13ClN4O4. The molecule has 0 saturated carbocycles. The highest BCUT2D eigenvalue weighted by Gasteiger charge is 2.22. The molecule has 0 aliphatic carbocycles. The van der Waals surface area contributed by atoms with E-state index in [0.717, 1.165) is 4.68 Å². The van der Waals surface area contributed by atoms with Gasteiger partial charge in [0.2, 0.25) is 0 Å². The molecule has 0 aliphatic heterocycles. The van der Waals surface area contributed by atoms with Crippen LogP contribution >= 0.6 is 11.6 Å². The van der Waals surface area contributed by atoms with Gasteiger partial charge in [-0.1, -0.05) is 11.6 Å². The Balaban J connectivity index is 2.16. The lowest BCUT2D eigenvalue weighted by atomic mass is 10.0. The first-order chi connectivity index (χ1) is 13.3. The van der Waals surface area contributed by atoms with E-state index in [9.17, 15) is 25.3 Å². The molecule has 0 radical (unpaired) electrons. The summed E-state index contributed by atoms with van der Waals surface area (Å²) in [6, 6.07) is 13.4. The lowest BCUT2D eigenvalue weighted by Crippen LogP contribution is -2.28. The van der Waals surface area contributed by atoms with Crippen molar-refractivity contribution in [3.8, 4) is 11.8 Å². The van der Waals surface area contributed by atoms with E-state index >= 15 is 0 Å². The number of aromatic nitrogens is 2. The normalized spacial score (nSPS) is 11.6. The van der Waals surface area contributed by atoms with Gasteiger partial charge in [-0.3, -0.25) is 14.9 Å². The third-order valence-corrected chi connectivity index (χ3v) is 4.49. The summed E-state index contributed by atoms with van der Waals surface area (Å²) < 4.78 is 1.02. The lowest BCUT2D eigenvalue weighted by Gasteiger charge is -2.16. The van der Waals surface area contributed by atoms with Crippen LogP contribution in [-0.4, -0.2) is 19.8 Å². The number of aliphatic hydroxyl groups excluding tert-OH is 1. The minimum absolute atomic E-state index is 0.0972. The number of nitro benzene ring substituents is 1. The van der Waals surface area contributed by atoms with Crippen LogP contribution in [0.3, 0.4) is 0 Å². The Morgan fingerprint density at radius 2 is 1.82 bits per heavy atom. The molecule has 3 aromatic rings. The number of nitriles is 1. The molecule has 1 N–H and O–H groups in total. The fourth-order valence-electron chi connectivity index (χ4n) is 2.71.